The summed E-state index contributed by atoms with van der Waals surface area (Å²) < 4.78 is 6.13. The molecule has 0 bridgehead atoms. The molecule has 22 heavy (non-hydrogen) atoms. The summed E-state index contributed by atoms with van der Waals surface area (Å²) in [5.41, 5.74) is 1.86. The second-order valence-electron chi connectivity index (χ2n) is 4.67. The van der Waals surface area contributed by atoms with Crippen LogP contribution in [0.3, 0.4) is 0 Å². The van der Waals surface area contributed by atoms with Crippen molar-refractivity contribution in [3.8, 4) is 0 Å². The van der Waals surface area contributed by atoms with Crippen molar-refractivity contribution < 1.29 is 9.42 Å². The lowest BCUT2D eigenvalue weighted by molar-refractivity contribution is 0.0742. The SMILES string of the molecule is CCN(Cc1nonc1C)C(=O)c1nn2cccnc2c1Cl. The summed E-state index contributed by atoms with van der Waals surface area (Å²) in [5.74, 6) is -0.291. The first-order valence-electron chi connectivity index (χ1n) is 6.68. The molecule has 3 aromatic rings. The van der Waals surface area contributed by atoms with Crippen molar-refractivity contribution in [1.29, 1.82) is 0 Å². The molecule has 0 spiro atoms. The Morgan fingerprint density at radius 1 is 1.45 bits per heavy atom. The first kappa shape index (κ1) is 14.5. The second kappa shape index (κ2) is 5.72. The molecule has 0 saturated carbocycles. The molecule has 0 aliphatic heterocycles. The largest absolute Gasteiger partial charge is 0.331 e. The molecule has 8 nitrogen and oxygen atoms in total. The van der Waals surface area contributed by atoms with E-state index in [9.17, 15) is 4.79 Å². The first-order chi connectivity index (χ1) is 10.6. The Balaban J connectivity index is 1.93. The van der Waals surface area contributed by atoms with Crippen LogP contribution in [0.5, 0.6) is 0 Å². The number of hydrogen-bond acceptors (Lipinski definition) is 6. The zero-order valence-corrected chi connectivity index (χ0v) is 12.8. The van der Waals surface area contributed by atoms with Gasteiger partial charge in [0.05, 0.1) is 6.54 Å². The molecule has 114 valence electrons. The number of halogens is 1. The summed E-state index contributed by atoms with van der Waals surface area (Å²) in [7, 11) is 0. The minimum absolute atomic E-state index is 0.163. The highest BCUT2D eigenvalue weighted by molar-refractivity contribution is 6.36. The van der Waals surface area contributed by atoms with Crippen LogP contribution in [0.4, 0.5) is 0 Å². The molecule has 0 N–H and O–H groups in total. The van der Waals surface area contributed by atoms with Crippen LogP contribution < -0.4 is 0 Å². The number of nitrogens with zero attached hydrogens (tertiary/aromatic N) is 6. The van der Waals surface area contributed by atoms with E-state index < -0.39 is 0 Å². The highest BCUT2D eigenvalue weighted by Crippen LogP contribution is 2.22. The van der Waals surface area contributed by atoms with Crippen LogP contribution in [-0.4, -0.2) is 42.3 Å². The monoisotopic (exact) mass is 320 g/mol. The fraction of sp³-hybridized carbons (Fsp3) is 0.308. The van der Waals surface area contributed by atoms with Gasteiger partial charge in [-0.05, 0) is 19.9 Å². The molecule has 0 radical (unpaired) electrons. The maximum atomic E-state index is 12.7. The fourth-order valence-corrected chi connectivity index (χ4v) is 2.30. The summed E-state index contributed by atoms with van der Waals surface area (Å²) in [6.45, 7) is 4.39. The molecule has 9 heteroatoms. The van der Waals surface area contributed by atoms with Crippen LogP contribution in [0, 0.1) is 6.92 Å². The van der Waals surface area contributed by atoms with Crippen molar-refractivity contribution in [3.05, 3.63) is 40.6 Å². The number of amides is 1. The number of aromatic nitrogens is 5. The zero-order valence-electron chi connectivity index (χ0n) is 12.0. The van der Waals surface area contributed by atoms with E-state index in [1.54, 1.807) is 30.3 Å². The van der Waals surface area contributed by atoms with Gasteiger partial charge < -0.3 is 4.90 Å². The van der Waals surface area contributed by atoms with Crippen LogP contribution >= 0.6 is 11.6 Å². The van der Waals surface area contributed by atoms with Gasteiger partial charge in [0.25, 0.3) is 5.91 Å². The Morgan fingerprint density at radius 3 is 2.91 bits per heavy atom. The van der Waals surface area contributed by atoms with Crippen molar-refractivity contribution in [3.63, 3.8) is 0 Å². The van der Waals surface area contributed by atoms with Crippen molar-refractivity contribution in [1.82, 2.24) is 29.8 Å². The average Bonchev–Trinajstić information content (AvgIpc) is 3.08. The molecule has 0 aromatic carbocycles. The Kier molecular flexibility index (Phi) is 3.76. The molecular formula is C13H13ClN6O2. The first-order valence-corrected chi connectivity index (χ1v) is 7.05. The number of fused-ring (bicyclic) bond motifs is 1. The van der Waals surface area contributed by atoms with Gasteiger partial charge in [-0.25, -0.2) is 14.1 Å². The fourth-order valence-electron chi connectivity index (χ4n) is 2.05. The van der Waals surface area contributed by atoms with Gasteiger partial charge in [-0.3, -0.25) is 4.79 Å². The van der Waals surface area contributed by atoms with E-state index in [4.69, 9.17) is 11.6 Å². The van der Waals surface area contributed by atoms with Gasteiger partial charge in [-0.1, -0.05) is 21.9 Å². The average molecular weight is 321 g/mol. The third-order valence-corrected chi connectivity index (χ3v) is 3.65. The Hall–Kier alpha value is -2.48. The second-order valence-corrected chi connectivity index (χ2v) is 5.04. The number of carbonyl (C=O) groups excluding carboxylic acids is 1. The standard InChI is InChI=1S/C13H13ClN6O2/c1-3-19(7-9-8(2)17-22-18-9)13(21)11-10(14)12-15-5-4-6-20(12)16-11/h4-6H,3,7H2,1-2H3. The van der Waals surface area contributed by atoms with E-state index in [0.29, 0.717) is 23.6 Å². The van der Waals surface area contributed by atoms with Crippen molar-refractivity contribution in [2.24, 2.45) is 0 Å². The van der Waals surface area contributed by atoms with Crippen molar-refractivity contribution in [2.75, 3.05) is 6.54 Å². The van der Waals surface area contributed by atoms with Gasteiger partial charge in [0.1, 0.15) is 16.4 Å². The molecule has 3 rings (SSSR count). The minimum Gasteiger partial charge on any atom is -0.331 e. The zero-order chi connectivity index (χ0) is 15.7. The van der Waals surface area contributed by atoms with Gasteiger partial charge in [-0.15, -0.1) is 0 Å². The molecule has 3 heterocycles. The van der Waals surface area contributed by atoms with Gasteiger partial charge in [0, 0.05) is 18.9 Å². The van der Waals surface area contributed by atoms with E-state index in [1.165, 1.54) is 4.52 Å². The van der Waals surface area contributed by atoms with E-state index in [1.807, 2.05) is 6.92 Å². The topological polar surface area (TPSA) is 89.4 Å². The highest BCUT2D eigenvalue weighted by atomic mass is 35.5. The predicted molar refractivity (Wildman–Crippen MR) is 77.4 cm³/mol. The van der Waals surface area contributed by atoms with Crippen LogP contribution in [0.15, 0.2) is 23.1 Å². The Morgan fingerprint density at radius 2 is 2.27 bits per heavy atom. The summed E-state index contributed by atoms with van der Waals surface area (Å²) in [6, 6.07) is 1.71. The maximum Gasteiger partial charge on any atom is 0.276 e. The summed E-state index contributed by atoms with van der Waals surface area (Å²) in [6.07, 6.45) is 3.28. The Labute approximate surface area is 130 Å². The third kappa shape index (κ3) is 2.41. The van der Waals surface area contributed by atoms with E-state index >= 15 is 0 Å². The van der Waals surface area contributed by atoms with Gasteiger partial charge >= 0.3 is 0 Å². The van der Waals surface area contributed by atoms with Crippen LogP contribution in [0.2, 0.25) is 5.02 Å². The number of carbonyl (C=O) groups is 1. The minimum atomic E-state index is -0.291. The molecular weight excluding hydrogens is 308 g/mol. The normalized spacial score (nSPS) is 11.0. The number of aryl methyl sites for hydroxylation is 1. The van der Waals surface area contributed by atoms with E-state index in [0.717, 1.165) is 0 Å². The lowest BCUT2D eigenvalue weighted by Crippen LogP contribution is -2.31. The highest BCUT2D eigenvalue weighted by Gasteiger charge is 2.24. The molecule has 0 aliphatic rings. The van der Waals surface area contributed by atoms with Gasteiger partial charge in [-0.2, -0.15) is 5.10 Å². The van der Waals surface area contributed by atoms with Crippen molar-refractivity contribution >= 4 is 23.2 Å². The molecule has 0 saturated heterocycles. The number of hydrogen-bond donors (Lipinski definition) is 0. The van der Waals surface area contributed by atoms with Crippen LogP contribution in [-0.2, 0) is 6.54 Å². The smallest absolute Gasteiger partial charge is 0.276 e. The molecule has 0 atom stereocenters. The maximum absolute atomic E-state index is 12.7. The van der Waals surface area contributed by atoms with Crippen LogP contribution in [0.1, 0.15) is 28.8 Å². The van der Waals surface area contributed by atoms with Crippen molar-refractivity contribution in [2.45, 2.75) is 20.4 Å². The van der Waals surface area contributed by atoms with E-state index in [-0.39, 0.29) is 23.2 Å². The summed E-state index contributed by atoms with van der Waals surface area (Å²) in [5, 5.41) is 11.9. The quantitative estimate of drug-likeness (QED) is 0.727. The summed E-state index contributed by atoms with van der Waals surface area (Å²) in [4.78, 5) is 18.4. The molecule has 3 aromatic heterocycles. The van der Waals surface area contributed by atoms with E-state index in [2.05, 4.69) is 25.0 Å². The van der Waals surface area contributed by atoms with Gasteiger partial charge in [0.2, 0.25) is 0 Å². The lowest BCUT2D eigenvalue weighted by atomic mass is 10.3. The van der Waals surface area contributed by atoms with Crippen LogP contribution in [0.25, 0.3) is 5.65 Å². The number of rotatable bonds is 4. The Bertz CT molecular complexity index is 827. The van der Waals surface area contributed by atoms with Gasteiger partial charge in [0.15, 0.2) is 11.3 Å². The molecule has 0 unspecified atom stereocenters. The molecule has 1 amide bonds. The molecule has 0 aliphatic carbocycles. The molecule has 0 fully saturated rings. The summed E-state index contributed by atoms with van der Waals surface area (Å²) >= 11 is 6.23. The third-order valence-electron chi connectivity index (χ3n) is 3.30. The predicted octanol–water partition coefficient (Wildman–Crippen LogP) is 1.74. The lowest BCUT2D eigenvalue weighted by Gasteiger charge is -2.18.